The van der Waals surface area contributed by atoms with E-state index >= 15 is 0 Å². The Morgan fingerprint density at radius 2 is 2.31 bits per heavy atom. The van der Waals surface area contributed by atoms with Gasteiger partial charge in [0, 0.05) is 12.6 Å². The highest BCUT2D eigenvalue weighted by Gasteiger charge is 2.29. The van der Waals surface area contributed by atoms with Gasteiger partial charge < -0.3 is 14.6 Å². The van der Waals surface area contributed by atoms with E-state index in [2.05, 4.69) is 4.90 Å². The molecule has 88 valence electrons. The van der Waals surface area contributed by atoms with E-state index in [1.54, 1.807) is 0 Å². The molecule has 0 radical (unpaired) electrons. The van der Waals surface area contributed by atoms with Gasteiger partial charge in [0.1, 0.15) is 12.0 Å². The van der Waals surface area contributed by atoms with E-state index in [-0.39, 0.29) is 12.2 Å². The fraction of sp³-hybridized carbons (Fsp3) is 0.545. The highest BCUT2D eigenvalue weighted by atomic mass is 16.4. The maximum Gasteiger partial charge on any atom is 0.338 e. The lowest BCUT2D eigenvalue weighted by Crippen LogP contribution is -2.28. The first-order chi connectivity index (χ1) is 7.70. The Bertz CT molecular complexity index is 370. The third-order valence-electron chi connectivity index (χ3n) is 2.71. The van der Waals surface area contributed by atoms with Crippen molar-refractivity contribution < 1.29 is 19.4 Å². The molecule has 1 aromatic heterocycles. The van der Waals surface area contributed by atoms with Crippen LogP contribution in [0.4, 0.5) is 0 Å². The van der Waals surface area contributed by atoms with Crippen LogP contribution in [0.1, 0.15) is 29.0 Å². The second kappa shape index (κ2) is 4.67. The van der Waals surface area contributed by atoms with Gasteiger partial charge in [-0.3, -0.25) is 4.90 Å². The molecule has 16 heavy (non-hydrogen) atoms. The molecular formula is C11H15NO4. The van der Waals surface area contributed by atoms with Gasteiger partial charge in [-0.1, -0.05) is 0 Å². The average molecular weight is 225 g/mol. The van der Waals surface area contributed by atoms with E-state index in [0.717, 1.165) is 12.8 Å². The number of nitrogens with zero attached hydrogens (tertiary/aromatic N) is 1. The number of hydrogen-bond acceptors (Lipinski definition) is 4. The Labute approximate surface area is 93.3 Å². The predicted octanol–water partition coefficient (Wildman–Crippen LogP) is 0.934. The van der Waals surface area contributed by atoms with E-state index in [4.69, 9.17) is 14.6 Å². The Kier molecular flexibility index (Phi) is 3.26. The number of hydrogen-bond donors (Lipinski definition) is 2. The van der Waals surface area contributed by atoms with Crippen LogP contribution in [0.3, 0.4) is 0 Å². The minimum Gasteiger partial charge on any atom is -0.478 e. The van der Waals surface area contributed by atoms with E-state index < -0.39 is 5.97 Å². The molecule has 5 nitrogen and oxygen atoms in total. The molecule has 1 fully saturated rings. The van der Waals surface area contributed by atoms with Crippen molar-refractivity contribution in [1.29, 1.82) is 0 Å². The van der Waals surface area contributed by atoms with Crippen molar-refractivity contribution in [2.75, 3.05) is 13.2 Å². The summed E-state index contributed by atoms with van der Waals surface area (Å²) in [7, 11) is 0. The van der Waals surface area contributed by atoms with Crippen LogP contribution in [0.2, 0.25) is 0 Å². The summed E-state index contributed by atoms with van der Waals surface area (Å²) in [4.78, 5) is 12.8. The second-order valence-electron chi connectivity index (χ2n) is 4.03. The fourth-order valence-electron chi connectivity index (χ4n) is 1.73. The fourth-order valence-corrected chi connectivity index (χ4v) is 1.73. The molecule has 0 aliphatic heterocycles. The van der Waals surface area contributed by atoms with Gasteiger partial charge >= 0.3 is 5.97 Å². The molecule has 2 rings (SSSR count). The van der Waals surface area contributed by atoms with Crippen molar-refractivity contribution in [2.45, 2.75) is 25.4 Å². The van der Waals surface area contributed by atoms with Gasteiger partial charge in [0.2, 0.25) is 0 Å². The number of aliphatic hydroxyl groups is 1. The van der Waals surface area contributed by atoms with Gasteiger partial charge in [-0.05, 0) is 18.9 Å². The maximum atomic E-state index is 10.7. The van der Waals surface area contributed by atoms with Gasteiger partial charge in [0.25, 0.3) is 0 Å². The first kappa shape index (κ1) is 11.2. The van der Waals surface area contributed by atoms with Crippen molar-refractivity contribution in [1.82, 2.24) is 4.90 Å². The molecule has 1 heterocycles. The Morgan fingerprint density at radius 3 is 2.81 bits per heavy atom. The maximum absolute atomic E-state index is 10.7. The smallest absolute Gasteiger partial charge is 0.338 e. The molecule has 0 spiro atoms. The SMILES string of the molecule is O=C(O)c1coc(CN(CCO)C2CC2)c1. The molecule has 0 saturated heterocycles. The zero-order chi connectivity index (χ0) is 11.5. The second-order valence-corrected chi connectivity index (χ2v) is 4.03. The van der Waals surface area contributed by atoms with Gasteiger partial charge in [-0.2, -0.15) is 0 Å². The lowest BCUT2D eigenvalue weighted by molar-refractivity contribution is 0.0696. The zero-order valence-electron chi connectivity index (χ0n) is 8.93. The molecule has 1 aliphatic carbocycles. The third kappa shape index (κ3) is 2.62. The zero-order valence-corrected chi connectivity index (χ0v) is 8.93. The van der Waals surface area contributed by atoms with Crippen LogP contribution in [-0.4, -0.2) is 40.3 Å². The number of carbonyl (C=O) groups is 1. The standard InChI is InChI=1S/C11H15NO4/c13-4-3-12(9-1-2-9)6-10-5-8(7-16-10)11(14)15/h5,7,9,13H,1-4,6H2,(H,14,15). The van der Waals surface area contributed by atoms with E-state index in [1.807, 2.05) is 0 Å². The van der Waals surface area contributed by atoms with Crippen molar-refractivity contribution in [3.05, 3.63) is 23.7 Å². The molecule has 0 unspecified atom stereocenters. The normalized spacial score (nSPS) is 15.6. The van der Waals surface area contributed by atoms with E-state index in [9.17, 15) is 4.79 Å². The summed E-state index contributed by atoms with van der Waals surface area (Å²) in [6, 6.07) is 2.06. The number of carboxylic acid groups (broad SMARTS) is 1. The Morgan fingerprint density at radius 1 is 1.56 bits per heavy atom. The molecular weight excluding hydrogens is 210 g/mol. The number of aliphatic hydroxyl groups excluding tert-OH is 1. The number of furan rings is 1. The van der Waals surface area contributed by atoms with Gasteiger partial charge in [0.15, 0.2) is 0 Å². The summed E-state index contributed by atoms with van der Waals surface area (Å²) in [5.41, 5.74) is 0.176. The number of aromatic carboxylic acids is 1. The Balaban J connectivity index is 1.97. The van der Waals surface area contributed by atoms with Crippen LogP contribution in [0.5, 0.6) is 0 Å². The third-order valence-corrected chi connectivity index (χ3v) is 2.71. The minimum absolute atomic E-state index is 0.114. The molecule has 0 atom stereocenters. The average Bonchev–Trinajstić information content (AvgIpc) is 2.98. The molecule has 2 N–H and O–H groups in total. The topological polar surface area (TPSA) is 73.9 Å². The highest BCUT2D eigenvalue weighted by Crippen LogP contribution is 2.28. The van der Waals surface area contributed by atoms with E-state index in [1.165, 1.54) is 12.3 Å². The van der Waals surface area contributed by atoms with Gasteiger partial charge in [0.05, 0.1) is 18.7 Å². The lowest BCUT2D eigenvalue weighted by Gasteiger charge is -2.18. The van der Waals surface area contributed by atoms with Crippen LogP contribution in [0.25, 0.3) is 0 Å². The molecule has 1 aromatic rings. The largest absolute Gasteiger partial charge is 0.478 e. The lowest BCUT2D eigenvalue weighted by atomic mass is 10.3. The van der Waals surface area contributed by atoms with Crippen LogP contribution in [-0.2, 0) is 6.54 Å². The summed E-state index contributed by atoms with van der Waals surface area (Å²) in [5.74, 6) is -0.340. The summed E-state index contributed by atoms with van der Waals surface area (Å²) in [5, 5.41) is 17.7. The van der Waals surface area contributed by atoms with Crippen LogP contribution >= 0.6 is 0 Å². The van der Waals surface area contributed by atoms with Crippen LogP contribution < -0.4 is 0 Å². The number of rotatable bonds is 6. The van der Waals surface area contributed by atoms with Crippen molar-refractivity contribution in [2.24, 2.45) is 0 Å². The van der Waals surface area contributed by atoms with Crippen LogP contribution in [0.15, 0.2) is 16.7 Å². The first-order valence-electron chi connectivity index (χ1n) is 5.36. The van der Waals surface area contributed by atoms with Gasteiger partial charge in [-0.25, -0.2) is 4.79 Å². The highest BCUT2D eigenvalue weighted by molar-refractivity contribution is 5.87. The van der Waals surface area contributed by atoms with Crippen molar-refractivity contribution in [3.63, 3.8) is 0 Å². The van der Waals surface area contributed by atoms with Gasteiger partial charge in [-0.15, -0.1) is 0 Å². The molecule has 1 saturated carbocycles. The van der Waals surface area contributed by atoms with E-state index in [0.29, 0.717) is 24.9 Å². The summed E-state index contributed by atoms with van der Waals surface area (Å²) < 4.78 is 5.18. The van der Waals surface area contributed by atoms with Crippen molar-refractivity contribution >= 4 is 5.97 Å². The van der Waals surface area contributed by atoms with Crippen molar-refractivity contribution in [3.8, 4) is 0 Å². The Hall–Kier alpha value is -1.33. The minimum atomic E-state index is -0.977. The molecule has 1 aliphatic rings. The quantitative estimate of drug-likeness (QED) is 0.753. The monoisotopic (exact) mass is 225 g/mol. The summed E-state index contributed by atoms with van der Waals surface area (Å²) in [6.07, 6.45) is 3.54. The molecule has 0 bridgehead atoms. The molecule has 0 aromatic carbocycles. The summed E-state index contributed by atoms with van der Waals surface area (Å²) in [6.45, 7) is 1.29. The molecule has 5 heteroatoms. The number of carboxylic acids is 1. The van der Waals surface area contributed by atoms with Crippen LogP contribution in [0, 0.1) is 0 Å². The summed E-state index contributed by atoms with van der Waals surface area (Å²) >= 11 is 0. The molecule has 0 amide bonds. The first-order valence-corrected chi connectivity index (χ1v) is 5.36. The predicted molar refractivity (Wildman–Crippen MR) is 56.2 cm³/mol.